The first-order valence-corrected chi connectivity index (χ1v) is 7.64. The van der Waals surface area contributed by atoms with Gasteiger partial charge < -0.3 is 9.47 Å². The standard InChI is InChI=1S/C18H12F4N2O3/c19-13-5-1-2-6-14(13)24-10-12(9-23-24)17(25)27-16-8-4-3-7-15(16)26-11-18(20,21)22/h1-10H,11H2. The molecule has 1 aromatic heterocycles. The van der Waals surface area contributed by atoms with Crippen LogP contribution in [-0.4, -0.2) is 28.5 Å². The third kappa shape index (κ3) is 4.63. The van der Waals surface area contributed by atoms with E-state index in [1.165, 1.54) is 48.7 Å². The number of ether oxygens (including phenoxy) is 2. The molecule has 0 unspecified atom stereocenters. The lowest BCUT2D eigenvalue weighted by atomic mass is 10.3. The molecule has 0 fully saturated rings. The fourth-order valence-electron chi connectivity index (χ4n) is 2.17. The zero-order valence-corrected chi connectivity index (χ0v) is 13.6. The van der Waals surface area contributed by atoms with E-state index in [0.717, 1.165) is 10.9 Å². The summed E-state index contributed by atoms with van der Waals surface area (Å²) in [6.07, 6.45) is -2.12. The molecule has 0 aliphatic carbocycles. The normalized spacial score (nSPS) is 11.3. The van der Waals surface area contributed by atoms with E-state index in [-0.39, 0.29) is 22.7 Å². The first-order chi connectivity index (χ1) is 12.8. The Hall–Kier alpha value is -3.36. The Balaban J connectivity index is 1.76. The van der Waals surface area contributed by atoms with Crippen molar-refractivity contribution < 1.29 is 31.8 Å². The molecule has 0 saturated carbocycles. The lowest BCUT2D eigenvalue weighted by Gasteiger charge is -2.12. The summed E-state index contributed by atoms with van der Waals surface area (Å²) < 4.78 is 61.7. The van der Waals surface area contributed by atoms with Crippen LogP contribution in [0.4, 0.5) is 17.6 Å². The van der Waals surface area contributed by atoms with Crippen LogP contribution in [0.1, 0.15) is 10.4 Å². The number of hydrogen-bond donors (Lipinski definition) is 0. The first-order valence-electron chi connectivity index (χ1n) is 7.64. The number of halogens is 4. The van der Waals surface area contributed by atoms with Gasteiger partial charge in [0, 0.05) is 6.20 Å². The van der Waals surface area contributed by atoms with Gasteiger partial charge in [-0.25, -0.2) is 13.9 Å². The van der Waals surface area contributed by atoms with Gasteiger partial charge in [-0.15, -0.1) is 0 Å². The number of esters is 1. The monoisotopic (exact) mass is 380 g/mol. The van der Waals surface area contributed by atoms with Crippen molar-refractivity contribution in [2.45, 2.75) is 6.18 Å². The molecule has 1 heterocycles. The Morgan fingerprint density at radius 1 is 1.04 bits per heavy atom. The van der Waals surface area contributed by atoms with Gasteiger partial charge in [0.25, 0.3) is 0 Å². The summed E-state index contributed by atoms with van der Waals surface area (Å²) in [7, 11) is 0. The summed E-state index contributed by atoms with van der Waals surface area (Å²) in [5.41, 5.74) is 0.120. The number of rotatable bonds is 5. The quantitative estimate of drug-likeness (QED) is 0.379. The zero-order valence-electron chi connectivity index (χ0n) is 13.6. The molecule has 0 spiro atoms. The SMILES string of the molecule is O=C(Oc1ccccc1OCC(F)(F)F)c1cnn(-c2ccccc2F)c1. The lowest BCUT2D eigenvalue weighted by Crippen LogP contribution is -2.19. The minimum Gasteiger partial charge on any atom is -0.480 e. The maximum absolute atomic E-state index is 13.8. The molecule has 0 radical (unpaired) electrons. The average Bonchev–Trinajstić information content (AvgIpc) is 3.11. The van der Waals surface area contributed by atoms with E-state index in [2.05, 4.69) is 9.84 Å². The zero-order chi connectivity index (χ0) is 19.4. The van der Waals surface area contributed by atoms with E-state index < -0.39 is 24.6 Å². The molecule has 0 N–H and O–H groups in total. The fraction of sp³-hybridized carbons (Fsp3) is 0.111. The van der Waals surface area contributed by atoms with Gasteiger partial charge in [0.2, 0.25) is 0 Å². The summed E-state index contributed by atoms with van der Waals surface area (Å²) in [6.45, 7) is -1.52. The highest BCUT2D eigenvalue weighted by atomic mass is 19.4. The van der Waals surface area contributed by atoms with Crippen molar-refractivity contribution in [1.82, 2.24) is 9.78 Å². The summed E-state index contributed by atoms with van der Waals surface area (Å²) in [5, 5.41) is 3.90. The molecule has 9 heteroatoms. The topological polar surface area (TPSA) is 53.4 Å². The molecule has 0 saturated heterocycles. The second kappa shape index (κ2) is 7.48. The Labute approximate surface area is 150 Å². The van der Waals surface area contributed by atoms with Crippen molar-refractivity contribution in [1.29, 1.82) is 0 Å². The highest BCUT2D eigenvalue weighted by Gasteiger charge is 2.29. The number of alkyl halides is 3. The van der Waals surface area contributed by atoms with Gasteiger partial charge in [-0.1, -0.05) is 24.3 Å². The molecule has 140 valence electrons. The maximum atomic E-state index is 13.8. The van der Waals surface area contributed by atoms with Crippen LogP contribution in [-0.2, 0) is 0 Å². The summed E-state index contributed by atoms with van der Waals surface area (Å²) in [5.74, 6) is -1.82. The van der Waals surface area contributed by atoms with Crippen LogP contribution in [0, 0.1) is 5.82 Å². The molecule has 3 rings (SSSR count). The minimum atomic E-state index is -4.53. The van der Waals surface area contributed by atoms with Crippen molar-refractivity contribution in [3.8, 4) is 17.2 Å². The van der Waals surface area contributed by atoms with Crippen LogP contribution in [0.2, 0.25) is 0 Å². The molecule has 3 aromatic rings. The Kier molecular flexibility index (Phi) is 5.11. The average molecular weight is 380 g/mol. The Bertz CT molecular complexity index is 954. The largest absolute Gasteiger partial charge is 0.480 e. The fourth-order valence-corrected chi connectivity index (χ4v) is 2.17. The van der Waals surface area contributed by atoms with Gasteiger partial charge in [0.05, 0.1) is 11.8 Å². The Morgan fingerprint density at radius 2 is 1.70 bits per heavy atom. The maximum Gasteiger partial charge on any atom is 0.422 e. The number of carbonyl (C=O) groups is 1. The number of hydrogen-bond acceptors (Lipinski definition) is 4. The molecule has 2 aromatic carbocycles. The first kappa shape index (κ1) is 18.4. The van der Waals surface area contributed by atoms with Crippen LogP contribution < -0.4 is 9.47 Å². The highest BCUT2D eigenvalue weighted by Crippen LogP contribution is 2.29. The number of nitrogens with zero attached hydrogens (tertiary/aromatic N) is 2. The highest BCUT2D eigenvalue weighted by molar-refractivity contribution is 5.90. The van der Waals surface area contributed by atoms with E-state index >= 15 is 0 Å². The molecular weight excluding hydrogens is 368 g/mol. The van der Waals surface area contributed by atoms with Crippen LogP contribution in [0.15, 0.2) is 60.9 Å². The summed E-state index contributed by atoms with van der Waals surface area (Å²) in [6, 6.07) is 11.3. The van der Waals surface area contributed by atoms with Gasteiger partial charge >= 0.3 is 12.1 Å². The van der Waals surface area contributed by atoms with Crippen LogP contribution in [0.3, 0.4) is 0 Å². The van der Waals surface area contributed by atoms with Crippen molar-refractivity contribution in [2.24, 2.45) is 0 Å². The number of benzene rings is 2. The van der Waals surface area contributed by atoms with Crippen molar-refractivity contribution in [3.05, 3.63) is 72.3 Å². The molecule has 0 aliphatic heterocycles. The summed E-state index contributed by atoms with van der Waals surface area (Å²) in [4.78, 5) is 12.2. The van der Waals surface area contributed by atoms with E-state index in [1.807, 2.05) is 0 Å². The van der Waals surface area contributed by atoms with Crippen molar-refractivity contribution in [2.75, 3.05) is 6.61 Å². The van der Waals surface area contributed by atoms with Gasteiger partial charge in [-0.2, -0.15) is 18.3 Å². The van der Waals surface area contributed by atoms with Gasteiger partial charge in [-0.3, -0.25) is 0 Å². The predicted molar refractivity (Wildman–Crippen MR) is 86.5 cm³/mol. The van der Waals surface area contributed by atoms with E-state index in [1.54, 1.807) is 6.07 Å². The van der Waals surface area contributed by atoms with E-state index in [0.29, 0.717) is 0 Å². The molecule has 5 nitrogen and oxygen atoms in total. The second-order valence-corrected chi connectivity index (χ2v) is 5.37. The van der Waals surface area contributed by atoms with Gasteiger partial charge in [0.15, 0.2) is 18.1 Å². The number of aromatic nitrogens is 2. The van der Waals surface area contributed by atoms with Crippen LogP contribution >= 0.6 is 0 Å². The molecule has 0 atom stereocenters. The molecule has 27 heavy (non-hydrogen) atoms. The van der Waals surface area contributed by atoms with Crippen molar-refractivity contribution in [3.63, 3.8) is 0 Å². The minimum absolute atomic E-state index is 0.0103. The Morgan fingerprint density at radius 3 is 2.41 bits per heavy atom. The number of carbonyl (C=O) groups excluding carboxylic acids is 1. The number of para-hydroxylation sites is 3. The second-order valence-electron chi connectivity index (χ2n) is 5.37. The third-order valence-electron chi connectivity index (χ3n) is 3.36. The van der Waals surface area contributed by atoms with Crippen molar-refractivity contribution >= 4 is 5.97 Å². The van der Waals surface area contributed by atoms with E-state index in [9.17, 15) is 22.4 Å². The summed E-state index contributed by atoms with van der Waals surface area (Å²) >= 11 is 0. The van der Waals surface area contributed by atoms with Gasteiger partial charge in [0.1, 0.15) is 11.5 Å². The van der Waals surface area contributed by atoms with Crippen LogP contribution in [0.25, 0.3) is 5.69 Å². The molecule has 0 aliphatic rings. The smallest absolute Gasteiger partial charge is 0.422 e. The third-order valence-corrected chi connectivity index (χ3v) is 3.36. The molecular formula is C18H12F4N2O3. The van der Waals surface area contributed by atoms with E-state index in [4.69, 9.17) is 4.74 Å². The lowest BCUT2D eigenvalue weighted by molar-refractivity contribution is -0.153. The molecule has 0 amide bonds. The van der Waals surface area contributed by atoms with Crippen LogP contribution in [0.5, 0.6) is 11.5 Å². The predicted octanol–water partition coefficient (Wildman–Crippen LogP) is 4.17. The van der Waals surface area contributed by atoms with Gasteiger partial charge in [-0.05, 0) is 24.3 Å². The molecule has 0 bridgehead atoms.